The maximum atomic E-state index is 4.53. The molecule has 2 aromatic heterocycles. The molecule has 3 nitrogen and oxygen atoms in total. The third kappa shape index (κ3) is 1.95. The van der Waals surface area contributed by atoms with Gasteiger partial charge < -0.3 is 0 Å². The Morgan fingerprint density at radius 3 is 2.53 bits per heavy atom. The maximum Gasteiger partial charge on any atom is 0.0927 e. The summed E-state index contributed by atoms with van der Waals surface area (Å²) >= 11 is 0. The molecule has 3 aromatic rings. The Morgan fingerprint density at radius 1 is 0.882 bits per heavy atom. The smallest absolute Gasteiger partial charge is 0.0927 e. The quantitative estimate of drug-likeness (QED) is 0.666. The monoisotopic (exact) mass is 221 g/mol. The first-order chi connectivity index (χ1) is 8.43. The number of pyridine rings is 1. The van der Waals surface area contributed by atoms with Crippen LogP contribution in [0.2, 0.25) is 0 Å². The van der Waals surface area contributed by atoms with Gasteiger partial charge in [0.2, 0.25) is 0 Å². The highest BCUT2D eigenvalue weighted by atomic mass is 15.3. The molecule has 0 aliphatic rings. The molecular formula is C14H11N3. The Morgan fingerprint density at radius 2 is 1.76 bits per heavy atom. The van der Waals surface area contributed by atoms with E-state index in [1.807, 2.05) is 47.3 Å². The van der Waals surface area contributed by atoms with E-state index < -0.39 is 0 Å². The third-order valence-electron chi connectivity index (χ3n) is 2.57. The van der Waals surface area contributed by atoms with Crippen LogP contribution in [0.3, 0.4) is 0 Å². The van der Waals surface area contributed by atoms with E-state index in [-0.39, 0.29) is 0 Å². The van der Waals surface area contributed by atoms with Gasteiger partial charge in [0.1, 0.15) is 0 Å². The number of hydrogen-bond donors (Lipinski definition) is 0. The van der Waals surface area contributed by atoms with Crippen LogP contribution in [-0.4, -0.2) is 14.8 Å². The minimum absolute atomic E-state index is 0.967. The van der Waals surface area contributed by atoms with Crippen LogP contribution in [0.25, 0.3) is 16.9 Å². The number of hydrogen-bond acceptors (Lipinski definition) is 2. The third-order valence-corrected chi connectivity index (χ3v) is 2.57. The molecule has 0 N–H and O–H groups in total. The Balaban J connectivity index is 1.99. The highest BCUT2D eigenvalue weighted by Gasteiger charge is 2.02. The molecule has 0 amide bonds. The summed E-state index contributed by atoms with van der Waals surface area (Å²) in [6, 6.07) is 16.0. The summed E-state index contributed by atoms with van der Waals surface area (Å²) in [5, 5.41) is 4.53. The first kappa shape index (κ1) is 9.78. The number of nitrogens with zero attached hydrogens (tertiary/aromatic N) is 3. The second-order valence-corrected chi connectivity index (χ2v) is 3.72. The predicted octanol–water partition coefficient (Wildman–Crippen LogP) is 2.93. The molecule has 0 unspecified atom stereocenters. The SMILES string of the molecule is c1ccc(-c2ccn(-c3cccnc3)n2)cc1. The average Bonchev–Trinajstić information content (AvgIpc) is 2.90. The summed E-state index contributed by atoms with van der Waals surface area (Å²) in [6.07, 6.45) is 5.49. The topological polar surface area (TPSA) is 30.7 Å². The van der Waals surface area contributed by atoms with Gasteiger partial charge in [0.05, 0.1) is 17.6 Å². The standard InChI is InChI=1S/C14H11N3/c1-2-5-12(6-3-1)14-8-10-17(16-14)13-7-4-9-15-11-13/h1-11H. The molecule has 3 rings (SSSR count). The van der Waals surface area contributed by atoms with Crippen molar-refractivity contribution < 1.29 is 0 Å². The molecule has 17 heavy (non-hydrogen) atoms. The molecule has 0 saturated carbocycles. The Kier molecular flexibility index (Phi) is 2.43. The zero-order valence-electron chi connectivity index (χ0n) is 9.19. The normalized spacial score (nSPS) is 10.4. The Hall–Kier alpha value is -2.42. The molecule has 2 heterocycles. The Bertz CT molecular complexity index is 546. The second kappa shape index (κ2) is 4.22. The molecule has 0 spiro atoms. The van der Waals surface area contributed by atoms with E-state index in [2.05, 4.69) is 22.2 Å². The van der Waals surface area contributed by atoms with Crippen molar-refractivity contribution in [1.82, 2.24) is 14.8 Å². The number of benzene rings is 1. The molecule has 0 radical (unpaired) electrons. The van der Waals surface area contributed by atoms with Crippen molar-refractivity contribution >= 4 is 0 Å². The average molecular weight is 221 g/mol. The molecular weight excluding hydrogens is 210 g/mol. The molecule has 0 atom stereocenters. The summed E-state index contributed by atoms with van der Waals surface area (Å²) in [7, 11) is 0. The minimum atomic E-state index is 0.967. The van der Waals surface area contributed by atoms with Gasteiger partial charge in [0, 0.05) is 18.0 Å². The predicted molar refractivity (Wildman–Crippen MR) is 66.8 cm³/mol. The zero-order valence-corrected chi connectivity index (χ0v) is 9.19. The van der Waals surface area contributed by atoms with Crippen LogP contribution in [0.4, 0.5) is 0 Å². The van der Waals surface area contributed by atoms with Gasteiger partial charge in [-0.05, 0) is 18.2 Å². The lowest BCUT2D eigenvalue weighted by Gasteiger charge is -1.99. The van der Waals surface area contributed by atoms with Gasteiger partial charge in [-0.15, -0.1) is 0 Å². The van der Waals surface area contributed by atoms with Gasteiger partial charge in [-0.2, -0.15) is 5.10 Å². The summed E-state index contributed by atoms with van der Waals surface area (Å²) < 4.78 is 1.83. The lowest BCUT2D eigenvalue weighted by Crippen LogP contribution is -1.94. The van der Waals surface area contributed by atoms with Crippen LogP contribution in [0.5, 0.6) is 0 Å². The highest BCUT2D eigenvalue weighted by molar-refractivity contribution is 5.58. The minimum Gasteiger partial charge on any atom is -0.262 e. The van der Waals surface area contributed by atoms with Gasteiger partial charge in [0.15, 0.2) is 0 Å². The van der Waals surface area contributed by atoms with Crippen LogP contribution in [0.1, 0.15) is 0 Å². The van der Waals surface area contributed by atoms with Crippen molar-refractivity contribution in [2.24, 2.45) is 0 Å². The molecule has 0 saturated heterocycles. The van der Waals surface area contributed by atoms with E-state index in [0.717, 1.165) is 16.9 Å². The van der Waals surface area contributed by atoms with Crippen LogP contribution >= 0.6 is 0 Å². The van der Waals surface area contributed by atoms with Crippen molar-refractivity contribution in [2.45, 2.75) is 0 Å². The summed E-state index contributed by atoms with van der Waals surface area (Å²) in [6.45, 7) is 0. The van der Waals surface area contributed by atoms with E-state index in [0.29, 0.717) is 0 Å². The van der Waals surface area contributed by atoms with E-state index in [4.69, 9.17) is 0 Å². The summed E-state index contributed by atoms with van der Waals surface area (Å²) in [4.78, 5) is 4.08. The highest BCUT2D eigenvalue weighted by Crippen LogP contribution is 2.17. The lowest BCUT2D eigenvalue weighted by molar-refractivity contribution is 0.877. The van der Waals surface area contributed by atoms with Crippen molar-refractivity contribution in [2.75, 3.05) is 0 Å². The summed E-state index contributed by atoms with van der Waals surface area (Å²) in [5.74, 6) is 0. The largest absolute Gasteiger partial charge is 0.262 e. The number of rotatable bonds is 2. The van der Waals surface area contributed by atoms with Gasteiger partial charge in [-0.3, -0.25) is 4.98 Å². The maximum absolute atomic E-state index is 4.53. The van der Waals surface area contributed by atoms with Crippen molar-refractivity contribution in [1.29, 1.82) is 0 Å². The molecule has 0 aliphatic heterocycles. The van der Waals surface area contributed by atoms with Gasteiger partial charge in [-0.25, -0.2) is 4.68 Å². The first-order valence-corrected chi connectivity index (χ1v) is 5.45. The van der Waals surface area contributed by atoms with Crippen molar-refractivity contribution in [3.63, 3.8) is 0 Å². The van der Waals surface area contributed by atoms with E-state index in [1.54, 1.807) is 12.4 Å². The fourth-order valence-electron chi connectivity index (χ4n) is 1.72. The van der Waals surface area contributed by atoms with E-state index in [1.165, 1.54) is 0 Å². The van der Waals surface area contributed by atoms with Crippen molar-refractivity contribution in [3.8, 4) is 16.9 Å². The van der Waals surface area contributed by atoms with E-state index in [9.17, 15) is 0 Å². The Labute approximate surface area is 99.4 Å². The zero-order chi connectivity index (χ0) is 11.5. The summed E-state index contributed by atoms with van der Waals surface area (Å²) in [5.41, 5.74) is 3.05. The molecule has 3 heteroatoms. The molecule has 0 fully saturated rings. The molecule has 82 valence electrons. The fraction of sp³-hybridized carbons (Fsp3) is 0. The molecule has 1 aromatic carbocycles. The molecule has 0 aliphatic carbocycles. The van der Waals surface area contributed by atoms with Crippen molar-refractivity contribution in [3.05, 3.63) is 67.1 Å². The lowest BCUT2D eigenvalue weighted by atomic mass is 10.2. The van der Waals surface area contributed by atoms with Crippen LogP contribution in [0, 0.1) is 0 Å². The first-order valence-electron chi connectivity index (χ1n) is 5.45. The van der Waals surface area contributed by atoms with E-state index >= 15 is 0 Å². The number of aromatic nitrogens is 3. The van der Waals surface area contributed by atoms with Crippen LogP contribution < -0.4 is 0 Å². The molecule has 0 bridgehead atoms. The van der Waals surface area contributed by atoms with Gasteiger partial charge in [0.25, 0.3) is 0 Å². The second-order valence-electron chi connectivity index (χ2n) is 3.72. The van der Waals surface area contributed by atoms with Gasteiger partial charge in [-0.1, -0.05) is 30.3 Å². The van der Waals surface area contributed by atoms with Crippen LogP contribution in [0.15, 0.2) is 67.1 Å². The van der Waals surface area contributed by atoms with Gasteiger partial charge >= 0.3 is 0 Å². The van der Waals surface area contributed by atoms with Crippen LogP contribution in [-0.2, 0) is 0 Å². The fourth-order valence-corrected chi connectivity index (χ4v) is 1.72.